The molecule has 25 heavy (non-hydrogen) atoms. The molecule has 0 saturated heterocycles. The number of aromatic nitrogens is 1. The van der Waals surface area contributed by atoms with E-state index in [1.807, 2.05) is 0 Å². The number of nitrogens with one attached hydrogen (secondary N) is 1. The number of carbonyl (C=O) groups excluding carboxylic acids is 1. The van der Waals surface area contributed by atoms with Crippen molar-refractivity contribution in [1.29, 1.82) is 0 Å². The predicted molar refractivity (Wildman–Crippen MR) is 91.1 cm³/mol. The molecule has 8 heteroatoms. The monoisotopic (exact) mass is 367 g/mol. The number of alkyl halides is 2. The molecular formula is C17H19F2N3O2S. The minimum atomic E-state index is -2.84. The smallest absolute Gasteiger partial charge is 0.387 e. The number of thiazole rings is 1. The second-order valence-corrected chi connectivity index (χ2v) is 6.77. The van der Waals surface area contributed by atoms with E-state index in [4.69, 9.17) is 5.73 Å². The fourth-order valence-electron chi connectivity index (χ4n) is 3.00. The van der Waals surface area contributed by atoms with Crippen LogP contribution >= 0.6 is 11.3 Å². The second kappa shape index (κ2) is 7.88. The molecule has 0 fully saturated rings. The van der Waals surface area contributed by atoms with Gasteiger partial charge in [0.15, 0.2) is 0 Å². The highest BCUT2D eigenvalue weighted by atomic mass is 32.1. The minimum absolute atomic E-state index is 0.145. The lowest BCUT2D eigenvalue weighted by molar-refractivity contribution is -0.0499. The molecule has 0 spiro atoms. The van der Waals surface area contributed by atoms with Crippen molar-refractivity contribution >= 4 is 17.2 Å². The molecular weight excluding hydrogens is 348 g/mol. The predicted octanol–water partition coefficient (Wildman–Crippen LogP) is 3.05. The van der Waals surface area contributed by atoms with Gasteiger partial charge in [-0.25, -0.2) is 4.98 Å². The summed E-state index contributed by atoms with van der Waals surface area (Å²) in [5.41, 5.74) is 7.76. The first-order valence-corrected chi connectivity index (χ1v) is 8.97. The average Bonchev–Trinajstić information content (AvgIpc) is 3.03. The van der Waals surface area contributed by atoms with Gasteiger partial charge in [0.25, 0.3) is 5.91 Å². The van der Waals surface area contributed by atoms with Crippen LogP contribution in [0.5, 0.6) is 5.75 Å². The van der Waals surface area contributed by atoms with Crippen molar-refractivity contribution in [2.75, 3.05) is 6.54 Å². The van der Waals surface area contributed by atoms with Crippen molar-refractivity contribution in [1.82, 2.24) is 10.3 Å². The molecule has 134 valence electrons. The average molecular weight is 367 g/mol. The fourth-order valence-corrected chi connectivity index (χ4v) is 3.80. The Hall–Kier alpha value is -2.06. The van der Waals surface area contributed by atoms with Crippen LogP contribution in [0.1, 0.15) is 45.5 Å². The number of hydrogen-bond acceptors (Lipinski definition) is 5. The summed E-state index contributed by atoms with van der Waals surface area (Å²) in [6, 6.07) is 4.73. The number of hydrogen-bond donors (Lipinski definition) is 2. The van der Waals surface area contributed by atoms with Crippen LogP contribution in [0.2, 0.25) is 0 Å². The van der Waals surface area contributed by atoms with Crippen LogP contribution in [0.15, 0.2) is 23.6 Å². The summed E-state index contributed by atoms with van der Waals surface area (Å²) in [6.45, 7) is -2.35. The Bertz CT molecular complexity index is 751. The van der Waals surface area contributed by atoms with Gasteiger partial charge in [0.1, 0.15) is 11.4 Å². The van der Waals surface area contributed by atoms with Crippen LogP contribution < -0.4 is 15.8 Å². The Morgan fingerprint density at radius 3 is 3.08 bits per heavy atom. The SMILES string of the molecule is NCCc1nc(C(=O)NC2CCCc3cc(OC(F)F)ccc32)cs1. The standard InChI is InChI=1S/C17H19F2N3O2S/c18-17(19)24-11-4-5-12-10(8-11)2-1-3-13(12)22-16(23)14-9-25-15(21-14)6-7-20/h4-5,8-9,13,17H,1-3,6-7,20H2,(H,22,23). The molecule has 3 rings (SSSR count). The van der Waals surface area contributed by atoms with E-state index < -0.39 is 6.61 Å². The quantitative estimate of drug-likeness (QED) is 0.823. The molecule has 1 unspecified atom stereocenters. The van der Waals surface area contributed by atoms with Gasteiger partial charge in [0.05, 0.1) is 11.0 Å². The summed E-state index contributed by atoms with van der Waals surface area (Å²) < 4.78 is 29.2. The van der Waals surface area contributed by atoms with Crippen molar-refractivity contribution in [2.45, 2.75) is 38.3 Å². The van der Waals surface area contributed by atoms with E-state index in [0.29, 0.717) is 18.7 Å². The van der Waals surface area contributed by atoms with E-state index in [2.05, 4.69) is 15.0 Å². The van der Waals surface area contributed by atoms with E-state index in [9.17, 15) is 13.6 Å². The molecule has 1 aliphatic carbocycles. The van der Waals surface area contributed by atoms with Crippen molar-refractivity contribution in [3.63, 3.8) is 0 Å². The lowest BCUT2D eigenvalue weighted by Gasteiger charge is -2.26. The fraction of sp³-hybridized carbons (Fsp3) is 0.412. The van der Waals surface area contributed by atoms with Crippen LogP contribution in [-0.4, -0.2) is 24.0 Å². The number of benzene rings is 1. The molecule has 1 atom stereocenters. The van der Waals surface area contributed by atoms with Gasteiger partial charge in [-0.05, 0) is 49.1 Å². The van der Waals surface area contributed by atoms with Crippen LogP contribution in [0.3, 0.4) is 0 Å². The van der Waals surface area contributed by atoms with E-state index in [1.54, 1.807) is 17.5 Å². The zero-order valence-electron chi connectivity index (χ0n) is 13.5. The largest absolute Gasteiger partial charge is 0.435 e. The van der Waals surface area contributed by atoms with Crippen LogP contribution in [-0.2, 0) is 12.8 Å². The van der Waals surface area contributed by atoms with Crippen molar-refractivity contribution in [3.05, 3.63) is 45.4 Å². The van der Waals surface area contributed by atoms with Gasteiger partial charge in [0.2, 0.25) is 0 Å². The Morgan fingerprint density at radius 1 is 1.48 bits per heavy atom. The summed E-state index contributed by atoms with van der Waals surface area (Å²) in [5, 5.41) is 5.56. The molecule has 3 N–H and O–H groups in total. The molecule has 2 aromatic rings. The highest BCUT2D eigenvalue weighted by molar-refractivity contribution is 7.09. The normalized spacial score (nSPS) is 16.6. The summed E-state index contributed by atoms with van der Waals surface area (Å²) in [6.07, 6.45) is 3.09. The first-order chi connectivity index (χ1) is 12.1. The third kappa shape index (κ3) is 4.32. The number of aryl methyl sites for hydroxylation is 1. The Labute approximate surface area is 148 Å². The number of amides is 1. The lowest BCUT2D eigenvalue weighted by Crippen LogP contribution is -2.31. The molecule has 0 aliphatic heterocycles. The minimum Gasteiger partial charge on any atom is -0.435 e. The summed E-state index contributed by atoms with van der Waals surface area (Å²) in [4.78, 5) is 16.7. The van der Waals surface area contributed by atoms with Crippen molar-refractivity contribution in [3.8, 4) is 5.75 Å². The number of ether oxygens (including phenoxy) is 1. The molecule has 1 aliphatic rings. The highest BCUT2D eigenvalue weighted by Crippen LogP contribution is 2.32. The first kappa shape index (κ1) is 17.8. The van der Waals surface area contributed by atoms with Crippen molar-refractivity contribution < 1.29 is 18.3 Å². The highest BCUT2D eigenvalue weighted by Gasteiger charge is 2.24. The Morgan fingerprint density at radius 2 is 2.32 bits per heavy atom. The molecule has 1 aromatic heterocycles. The van der Waals surface area contributed by atoms with Gasteiger partial charge in [-0.2, -0.15) is 8.78 Å². The molecule has 0 saturated carbocycles. The van der Waals surface area contributed by atoms with E-state index in [1.165, 1.54) is 17.4 Å². The lowest BCUT2D eigenvalue weighted by atomic mass is 9.87. The van der Waals surface area contributed by atoms with Gasteiger partial charge in [-0.3, -0.25) is 4.79 Å². The maximum Gasteiger partial charge on any atom is 0.387 e. The van der Waals surface area contributed by atoms with Gasteiger partial charge < -0.3 is 15.8 Å². The summed E-state index contributed by atoms with van der Waals surface area (Å²) >= 11 is 1.42. The van der Waals surface area contributed by atoms with Crippen LogP contribution in [0.25, 0.3) is 0 Å². The number of carbonyl (C=O) groups is 1. The Kier molecular flexibility index (Phi) is 5.60. The first-order valence-electron chi connectivity index (χ1n) is 8.10. The van der Waals surface area contributed by atoms with Crippen LogP contribution in [0, 0.1) is 0 Å². The molecule has 1 aromatic carbocycles. The van der Waals surface area contributed by atoms with Gasteiger partial charge in [-0.15, -0.1) is 11.3 Å². The van der Waals surface area contributed by atoms with Gasteiger partial charge in [0, 0.05) is 11.8 Å². The Balaban J connectivity index is 1.72. The number of nitrogens with zero attached hydrogens (tertiary/aromatic N) is 1. The molecule has 1 amide bonds. The topological polar surface area (TPSA) is 77.2 Å². The van der Waals surface area contributed by atoms with Gasteiger partial charge >= 0.3 is 6.61 Å². The molecule has 0 bridgehead atoms. The maximum atomic E-state index is 12.4. The zero-order chi connectivity index (χ0) is 17.8. The zero-order valence-corrected chi connectivity index (χ0v) is 14.3. The second-order valence-electron chi connectivity index (χ2n) is 5.82. The molecule has 0 radical (unpaired) electrons. The number of nitrogens with two attached hydrogens (primary N) is 1. The van der Waals surface area contributed by atoms with Crippen molar-refractivity contribution in [2.24, 2.45) is 5.73 Å². The number of halogens is 2. The third-order valence-corrected chi connectivity index (χ3v) is 5.01. The van der Waals surface area contributed by atoms with E-state index >= 15 is 0 Å². The third-order valence-electron chi connectivity index (χ3n) is 4.10. The molecule has 1 heterocycles. The summed E-state index contributed by atoms with van der Waals surface area (Å²) in [5.74, 6) is -0.0862. The van der Waals surface area contributed by atoms with Crippen LogP contribution in [0.4, 0.5) is 8.78 Å². The maximum absolute atomic E-state index is 12.4. The molecule has 5 nitrogen and oxygen atoms in total. The number of rotatable bonds is 6. The van der Waals surface area contributed by atoms with E-state index in [0.717, 1.165) is 35.4 Å². The van der Waals surface area contributed by atoms with E-state index in [-0.39, 0.29) is 17.7 Å². The van der Waals surface area contributed by atoms with Gasteiger partial charge in [-0.1, -0.05) is 6.07 Å². The number of fused-ring (bicyclic) bond motifs is 1. The summed E-state index contributed by atoms with van der Waals surface area (Å²) in [7, 11) is 0.